The van der Waals surface area contributed by atoms with E-state index in [1.807, 2.05) is 19.9 Å². The number of hydrogen-bond donors (Lipinski definition) is 5. The minimum absolute atomic E-state index is 0.0347. The highest BCUT2D eigenvalue weighted by Gasteiger charge is 2.74. The Balaban J connectivity index is 1.27. The fourth-order valence-corrected chi connectivity index (χ4v) is 5.00. The molecule has 5 N–H and O–H groups in total. The molecule has 2 bridgehead atoms. The van der Waals surface area contributed by atoms with Gasteiger partial charge in [0.1, 0.15) is 6.10 Å². The summed E-state index contributed by atoms with van der Waals surface area (Å²) in [5, 5.41) is 21.5. The largest absolute Gasteiger partial charge is 0.446 e. The van der Waals surface area contributed by atoms with Gasteiger partial charge in [-0.05, 0) is 52.4 Å². The molecule has 3 amide bonds. The van der Waals surface area contributed by atoms with Crippen LogP contribution in [0.1, 0.15) is 64.0 Å². The van der Waals surface area contributed by atoms with Gasteiger partial charge in [0.15, 0.2) is 5.82 Å². The molecule has 0 spiro atoms. The highest BCUT2D eigenvalue weighted by Crippen LogP contribution is 2.73. The molecule has 1 aromatic heterocycles. The number of anilines is 1. The summed E-state index contributed by atoms with van der Waals surface area (Å²) in [6.45, 7) is 3.76. The predicted octanol–water partition coefficient (Wildman–Crippen LogP) is 1.79. The summed E-state index contributed by atoms with van der Waals surface area (Å²) in [4.78, 5) is 36.0. The number of alkyl carbamates (subject to hydrolysis) is 1. The van der Waals surface area contributed by atoms with Crippen molar-refractivity contribution in [3.8, 4) is 0 Å². The maximum atomic E-state index is 12.6. The van der Waals surface area contributed by atoms with E-state index in [2.05, 4.69) is 20.8 Å². The summed E-state index contributed by atoms with van der Waals surface area (Å²) in [7, 11) is 0. The van der Waals surface area contributed by atoms with Gasteiger partial charge in [0.2, 0.25) is 11.8 Å². The van der Waals surface area contributed by atoms with Crippen molar-refractivity contribution in [2.75, 3.05) is 5.32 Å². The Morgan fingerprint density at radius 2 is 1.90 bits per heavy atom. The zero-order valence-corrected chi connectivity index (χ0v) is 16.6. The predicted molar refractivity (Wildman–Crippen MR) is 101 cm³/mol. The van der Waals surface area contributed by atoms with E-state index in [0.29, 0.717) is 31.5 Å². The summed E-state index contributed by atoms with van der Waals surface area (Å²) >= 11 is 0. The molecule has 4 aliphatic carbocycles. The monoisotopic (exact) mass is 405 g/mol. The lowest BCUT2D eigenvalue weighted by Crippen LogP contribution is -2.71. The fraction of sp³-hybridized carbons (Fsp3) is 0.684. The molecule has 2 atom stereocenters. The Kier molecular flexibility index (Phi) is 4.76. The van der Waals surface area contributed by atoms with Gasteiger partial charge in [-0.2, -0.15) is 5.10 Å². The maximum absolute atomic E-state index is 12.6. The molecule has 158 valence electrons. The van der Waals surface area contributed by atoms with E-state index in [9.17, 15) is 14.4 Å². The number of carbonyl (C=O) groups is 3. The van der Waals surface area contributed by atoms with Crippen molar-refractivity contribution < 1.29 is 24.3 Å². The van der Waals surface area contributed by atoms with Crippen LogP contribution in [0.2, 0.25) is 0 Å². The number of hydroxylamine groups is 1. The van der Waals surface area contributed by atoms with Gasteiger partial charge in [0.25, 0.3) is 0 Å². The zero-order valence-electron chi connectivity index (χ0n) is 16.6. The molecule has 4 fully saturated rings. The quantitative estimate of drug-likeness (QED) is 0.360. The van der Waals surface area contributed by atoms with E-state index < -0.39 is 22.8 Å². The lowest BCUT2D eigenvalue weighted by atomic mass is 9.34. The first kappa shape index (κ1) is 19.7. The number of carbonyl (C=O) groups excluding carboxylic acids is 3. The van der Waals surface area contributed by atoms with Gasteiger partial charge in [0, 0.05) is 23.7 Å². The Morgan fingerprint density at radius 1 is 1.21 bits per heavy atom. The first-order valence-corrected chi connectivity index (χ1v) is 10.0. The van der Waals surface area contributed by atoms with Crippen LogP contribution in [0.3, 0.4) is 0 Å². The number of H-pyrrole nitrogens is 1. The van der Waals surface area contributed by atoms with Crippen LogP contribution >= 0.6 is 0 Å². The lowest BCUT2D eigenvalue weighted by Gasteiger charge is -2.67. The first-order valence-electron chi connectivity index (χ1n) is 10.0. The van der Waals surface area contributed by atoms with E-state index >= 15 is 0 Å². The third kappa shape index (κ3) is 3.45. The van der Waals surface area contributed by atoms with E-state index in [4.69, 9.17) is 9.94 Å². The van der Waals surface area contributed by atoms with Crippen LogP contribution in [-0.4, -0.2) is 45.5 Å². The Morgan fingerprint density at radius 3 is 2.55 bits per heavy atom. The molecule has 4 saturated carbocycles. The van der Waals surface area contributed by atoms with Crippen molar-refractivity contribution in [3.05, 3.63) is 11.8 Å². The van der Waals surface area contributed by atoms with Gasteiger partial charge in [0.05, 0.1) is 10.8 Å². The van der Waals surface area contributed by atoms with Crippen LogP contribution in [0.5, 0.6) is 0 Å². The molecule has 0 unspecified atom stereocenters. The lowest BCUT2D eigenvalue weighted by molar-refractivity contribution is -0.210. The molecule has 10 heteroatoms. The molecule has 4 aliphatic rings. The number of nitrogens with one attached hydrogen (secondary N) is 4. The normalized spacial score (nSPS) is 32.1. The average Bonchev–Trinajstić information content (AvgIpc) is 3.20. The molecule has 0 saturated heterocycles. The summed E-state index contributed by atoms with van der Waals surface area (Å²) < 4.78 is 5.45. The van der Waals surface area contributed by atoms with Crippen molar-refractivity contribution in [3.63, 3.8) is 0 Å². The molecule has 1 heterocycles. The van der Waals surface area contributed by atoms with Crippen LogP contribution in [-0.2, 0) is 14.3 Å². The molecule has 10 nitrogen and oxygen atoms in total. The van der Waals surface area contributed by atoms with Crippen molar-refractivity contribution in [1.82, 2.24) is 21.0 Å². The molecule has 5 rings (SSSR count). The number of aromatic nitrogens is 2. The number of rotatable bonds is 6. The van der Waals surface area contributed by atoms with E-state index in [-0.39, 0.29) is 24.0 Å². The van der Waals surface area contributed by atoms with Crippen molar-refractivity contribution in [2.45, 2.75) is 70.4 Å². The molecular weight excluding hydrogens is 378 g/mol. The van der Waals surface area contributed by atoms with E-state index in [1.165, 1.54) is 0 Å². The number of ether oxygens (including phenoxy) is 1. The number of hydrogen-bond acceptors (Lipinski definition) is 6. The highest BCUT2D eigenvalue weighted by atomic mass is 16.6. The summed E-state index contributed by atoms with van der Waals surface area (Å²) in [6.07, 6.45) is 3.21. The summed E-state index contributed by atoms with van der Waals surface area (Å²) in [5.41, 5.74) is 1.49. The SMILES string of the molecule is CC(C)NC(=O)O[C@@H]1CC[C@H](c2cc(NC(=O)C34CC(C(=O)NO)(C3)C4)n[nH]2)C1. The Labute approximate surface area is 168 Å². The first-order chi connectivity index (χ1) is 13.7. The smallest absolute Gasteiger partial charge is 0.407 e. The Hall–Kier alpha value is -2.62. The third-order valence-corrected chi connectivity index (χ3v) is 6.44. The standard InChI is InChI=1S/C19H27N5O5/c1-10(2)20-17(27)29-12-4-3-11(5-12)13-6-14(23-22-13)21-15(25)18-7-19(8-18,9-18)16(26)24-28/h6,10-12,28H,3-5,7-9H2,1-2H3,(H,20,27)(H,24,26)(H2,21,22,23,25)/t11-,12+,18?,19?/m0/s1. The number of amides is 3. The molecule has 0 aliphatic heterocycles. The van der Waals surface area contributed by atoms with Crippen LogP contribution in [0.4, 0.5) is 10.6 Å². The van der Waals surface area contributed by atoms with Crippen LogP contribution in [0.25, 0.3) is 0 Å². The molecule has 29 heavy (non-hydrogen) atoms. The van der Waals surface area contributed by atoms with Crippen molar-refractivity contribution in [2.24, 2.45) is 10.8 Å². The van der Waals surface area contributed by atoms with Crippen molar-refractivity contribution in [1.29, 1.82) is 0 Å². The van der Waals surface area contributed by atoms with E-state index in [0.717, 1.165) is 18.5 Å². The van der Waals surface area contributed by atoms with E-state index in [1.54, 1.807) is 5.48 Å². The highest BCUT2D eigenvalue weighted by molar-refractivity contribution is 6.01. The minimum atomic E-state index is -0.580. The number of aromatic amines is 1. The second-order valence-corrected chi connectivity index (χ2v) is 9.03. The molecular formula is C19H27N5O5. The van der Waals surface area contributed by atoms with Crippen LogP contribution in [0.15, 0.2) is 6.07 Å². The van der Waals surface area contributed by atoms with Gasteiger partial charge in [-0.3, -0.25) is 19.9 Å². The maximum Gasteiger partial charge on any atom is 0.407 e. The Bertz CT molecular complexity index is 815. The van der Waals surface area contributed by atoms with Gasteiger partial charge in [-0.25, -0.2) is 10.3 Å². The van der Waals surface area contributed by atoms with Gasteiger partial charge in [-0.15, -0.1) is 0 Å². The molecule has 0 aromatic carbocycles. The zero-order chi connectivity index (χ0) is 20.8. The molecule has 1 aromatic rings. The number of nitrogens with zero attached hydrogens (tertiary/aromatic N) is 1. The summed E-state index contributed by atoms with van der Waals surface area (Å²) in [6, 6.07) is 1.85. The van der Waals surface area contributed by atoms with Gasteiger partial charge in [-0.1, -0.05) is 0 Å². The minimum Gasteiger partial charge on any atom is -0.446 e. The third-order valence-electron chi connectivity index (χ3n) is 6.44. The van der Waals surface area contributed by atoms with Crippen LogP contribution in [0, 0.1) is 10.8 Å². The second-order valence-electron chi connectivity index (χ2n) is 9.03. The topological polar surface area (TPSA) is 145 Å². The van der Waals surface area contributed by atoms with Gasteiger partial charge >= 0.3 is 6.09 Å². The second kappa shape index (κ2) is 7.01. The molecule has 0 radical (unpaired) electrons. The van der Waals surface area contributed by atoms with Gasteiger partial charge < -0.3 is 15.4 Å². The van der Waals surface area contributed by atoms with Crippen LogP contribution < -0.4 is 16.1 Å². The average molecular weight is 405 g/mol. The fourth-order valence-electron chi connectivity index (χ4n) is 5.00. The summed E-state index contributed by atoms with van der Waals surface area (Å²) in [5.74, 6) is 0.101. The van der Waals surface area contributed by atoms with Crippen molar-refractivity contribution >= 4 is 23.7 Å².